The maximum atomic E-state index is 12.3. The summed E-state index contributed by atoms with van der Waals surface area (Å²) in [5.41, 5.74) is 0. The van der Waals surface area contributed by atoms with Gasteiger partial charge in [-0.25, -0.2) is 0 Å². The van der Waals surface area contributed by atoms with Gasteiger partial charge in [0.15, 0.2) is 0 Å². The molecule has 0 aliphatic carbocycles. The first kappa shape index (κ1) is 13.8. The number of amides is 1. The maximum Gasteiger partial charge on any atom is 0.240 e. The van der Waals surface area contributed by atoms with Gasteiger partial charge in [-0.1, -0.05) is 13.8 Å². The van der Waals surface area contributed by atoms with E-state index in [9.17, 15) is 4.79 Å². The minimum Gasteiger partial charge on any atom is -0.339 e. The van der Waals surface area contributed by atoms with Crippen LogP contribution < -0.4 is 5.32 Å². The molecule has 1 unspecified atom stereocenters. The van der Waals surface area contributed by atoms with E-state index >= 15 is 0 Å². The fraction of sp³-hybridized carbons (Fsp3) is 0.917. The molecule has 1 amide bonds. The normalized spacial score (nSPS) is 21.5. The molecule has 0 spiro atoms. The van der Waals surface area contributed by atoms with Crippen molar-refractivity contribution in [2.24, 2.45) is 5.92 Å². The van der Waals surface area contributed by atoms with Crippen LogP contribution in [0.3, 0.4) is 0 Å². The third kappa shape index (κ3) is 3.98. The van der Waals surface area contributed by atoms with E-state index in [1.54, 1.807) is 0 Å². The Balaban J connectivity index is 2.58. The highest BCUT2D eigenvalue weighted by molar-refractivity contribution is 7.99. The van der Waals surface area contributed by atoms with Crippen molar-refractivity contribution < 1.29 is 4.79 Å². The van der Waals surface area contributed by atoms with Gasteiger partial charge in [0, 0.05) is 30.6 Å². The van der Waals surface area contributed by atoms with Gasteiger partial charge in [-0.2, -0.15) is 11.8 Å². The molecule has 0 bridgehead atoms. The summed E-state index contributed by atoms with van der Waals surface area (Å²) >= 11 is 1.87. The molecule has 1 heterocycles. The molecule has 0 radical (unpaired) electrons. The molecule has 1 atom stereocenters. The lowest BCUT2D eigenvalue weighted by Gasteiger charge is -2.33. The van der Waals surface area contributed by atoms with E-state index in [-0.39, 0.29) is 11.9 Å². The molecular weight excluding hydrogens is 220 g/mol. The largest absolute Gasteiger partial charge is 0.339 e. The Labute approximate surface area is 103 Å². The van der Waals surface area contributed by atoms with Crippen LogP contribution in [-0.2, 0) is 4.79 Å². The van der Waals surface area contributed by atoms with Gasteiger partial charge in [-0.05, 0) is 19.8 Å². The SMILES string of the molecule is CC(C)CN(C(=O)C1CSCCN1)C(C)C. The minimum atomic E-state index is 0.0277. The Morgan fingerprint density at radius 1 is 1.44 bits per heavy atom. The Morgan fingerprint density at radius 3 is 2.56 bits per heavy atom. The van der Waals surface area contributed by atoms with Gasteiger partial charge in [0.25, 0.3) is 0 Å². The highest BCUT2D eigenvalue weighted by Crippen LogP contribution is 2.13. The van der Waals surface area contributed by atoms with Crippen LogP contribution in [0.2, 0.25) is 0 Å². The highest BCUT2D eigenvalue weighted by Gasteiger charge is 2.27. The van der Waals surface area contributed by atoms with E-state index in [2.05, 4.69) is 33.0 Å². The van der Waals surface area contributed by atoms with E-state index in [0.717, 1.165) is 24.6 Å². The lowest BCUT2D eigenvalue weighted by Crippen LogP contribution is -2.53. The zero-order chi connectivity index (χ0) is 12.1. The second kappa shape index (κ2) is 6.50. The molecule has 1 rings (SSSR count). The number of nitrogens with one attached hydrogen (secondary N) is 1. The van der Waals surface area contributed by atoms with Gasteiger partial charge in [-0.3, -0.25) is 4.79 Å². The molecule has 1 N–H and O–H groups in total. The first-order chi connectivity index (χ1) is 7.52. The molecule has 1 aliphatic heterocycles. The fourth-order valence-corrected chi connectivity index (χ4v) is 2.80. The van der Waals surface area contributed by atoms with Gasteiger partial charge in [0.05, 0.1) is 6.04 Å². The first-order valence-electron chi connectivity index (χ1n) is 6.14. The van der Waals surface area contributed by atoms with Crippen LogP contribution in [0.4, 0.5) is 0 Å². The van der Waals surface area contributed by atoms with Gasteiger partial charge < -0.3 is 10.2 Å². The van der Waals surface area contributed by atoms with Crippen LogP contribution in [0, 0.1) is 5.92 Å². The topological polar surface area (TPSA) is 32.3 Å². The number of hydrogen-bond acceptors (Lipinski definition) is 3. The number of carbonyl (C=O) groups is 1. The standard InChI is InChI=1S/C12H24N2OS/c1-9(2)7-14(10(3)4)12(15)11-8-16-6-5-13-11/h9-11,13H,5-8H2,1-4H3. The highest BCUT2D eigenvalue weighted by atomic mass is 32.2. The molecule has 1 aliphatic rings. The predicted molar refractivity (Wildman–Crippen MR) is 70.8 cm³/mol. The summed E-state index contributed by atoms with van der Waals surface area (Å²) in [5, 5.41) is 3.32. The summed E-state index contributed by atoms with van der Waals surface area (Å²) in [5.74, 6) is 2.84. The molecule has 1 fully saturated rings. The number of hydrogen-bond donors (Lipinski definition) is 1. The third-order valence-corrected chi connectivity index (χ3v) is 3.75. The summed E-state index contributed by atoms with van der Waals surface area (Å²) in [6, 6.07) is 0.323. The first-order valence-corrected chi connectivity index (χ1v) is 7.29. The van der Waals surface area contributed by atoms with Crippen LogP contribution >= 0.6 is 11.8 Å². The van der Waals surface area contributed by atoms with Crippen molar-refractivity contribution >= 4 is 17.7 Å². The Bertz CT molecular complexity index is 225. The van der Waals surface area contributed by atoms with Crippen LogP contribution in [0.15, 0.2) is 0 Å². The van der Waals surface area contributed by atoms with Crippen molar-refractivity contribution in [2.75, 3.05) is 24.6 Å². The summed E-state index contributed by atoms with van der Waals surface area (Å²) < 4.78 is 0. The number of nitrogens with zero attached hydrogens (tertiary/aromatic N) is 1. The zero-order valence-electron chi connectivity index (χ0n) is 10.8. The monoisotopic (exact) mass is 244 g/mol. The molecule has 0 aromatic heterocycles. The lowest BCUT2D eigenvalue weighted by atomic mass is 10.1. The molecule has 16 heavy (non-hydrogen) atoms. The quantitative estimate of drug-likeness (QED) is 0.815. The Kier molecular flexibility index (Phi) is 5.62. The van der Waals surface area contributed by atoms with Crippen LogP contribution in [-0.4, -0.2) is 47.5 Å². The van der Waals surface area contributed by atoms with E-state index in [0.29, 0.717) is 12.0 Å². The molecule has 4 heteroatoms. The average Bonchev–Trinajstić information content (AvgIpc) is 2.25. The second-order valence-corrected chi connectivity index (χ2v) is 6.21. The minimum absolute atomic E-state index is 0.0277. The van der Waals surface area contributed by atoms with Crippen LogP contribution in [0.25, 0.3) is 0 Å². The maximum absolute atomic E-state index is 12.3. The predicted octanol–water partition coefficient (Wildman–Crippen LogP) is 1.58. The molecular formula is C12H24N2OS. The summed E-state index contributed by atoms with van der Waals surface area (Å²) in [4.78, 5) is 14.3. The zero-order valence-corrected chi connectivity index (χ0v) is 11.6. The van der Waals surface area contributed by atoms with Crippen LogP contribution in [0.5, 0.6) is 0 Å². The van der Waals surface area contributed by atoms with E-state index in [4.69, 9.17) is 0 Å². The fourth-order valence-electron chi connectivity index (χ4n) is 1.87. The molecule has 0 saturated carbocycles. The lowest BCUT2D eigenvalue weighted by molar-refractivity contribution is -0.135. The Morgan fingerprint density at radius 2 is 2.12 bits per heavy atom. The number of rotatable bonds is 4. The smallest absolute Gasteiger partial charge is 0.240 e. The van der Waals surface area contributed by atoms with Gasteiger partial charge in [0.2, 0.25) is 5.91 Å². The van der Waals surface area contributed by atoms with E-state index in [1.165, 1.54) is 0 Å². The van der Waals surface area contributed by atoms with Crippen molar-refractivity contribution in [3.05, 3.63) is 0 Å². The number of carbonyl (C=O) groups excluding carboxylic acids is 1. The van der Waals surface area contributed by atoms with Crippen molar-refractivity contribution in [2.45, 2.75) is 39.8 Å². The molecule has 0 aromatic rings. The summed E-state index contributed by atoms with van der Waals surface area (Å²) in [6.45, 7) is 10.3. The van der Waals surface area contributed by atoms with Gasteiger partial charge >= 0.3 is 0 Å². The van der Waals surface area contributed by atoms with Crippen molar-refractivity contribution in [3.63, 3.8) is 0 Å². The average molecular weight is 244 g/mol. The van der Waals surface area contributed by atoms with E-state index in [1.807, 2.05) is 16.7 Å². The molecule has 0 aromatic carbocycles. The van der Waals surface area contributed by atoms with Crippen molar-refractivity contribution in [1.82, 2.24) is 10.2 Å². The molecule has 94 valence electrons. The van der Waals surface area contributed by atoms with Gasteiger partial charge in [-0.15, -0.1) is 0 Å². The van der Waals surface area contributed by atoms with E-state index < -0.39 is 0 Å². The van der Waals surface area contributed by atoms with Gasteiger partial charge in [0.1, 0.15) is 0 Å². The second-order valence-electron chi connectivity index (χ2n) is 5.06. The van der Waals surface area contributed by atoms with Crippen LogP contribution in [0.1, 0.15) is 27.7 Å². The molecule has 3 nitrogen and oxygen atoms in total. The molecule has 1 saturated heterocycles. The van der Waals surface area contributed by atoms with Crippen molar-refractivity contribution in [3.8, 4) is 0 Å². The summed E-state index contributed by atoms with van der Waals surface area (Å²) in [6.07, 6.45) is 0. The number of thioether (sulfide) groups is 1. The van der Waals surface area contributed by atoms with Crippen molar-refractivity contribution in [1.29, 1.82) is 0 Å². The summed E-state index contributed by atoms with van der Waals surface area (Å²) in [7, 11) is 0. The Hall–Kier alpha value is -0.220. The third-order valence-electron chi connectivity index (χ3n) is 2.69.